The number of nitrogens with zero attached hydrogens (tertiary/aromatic N) is 1. The molecule has 2 aliphatic rings. The van der Waals surface area contributed by atoms with Gasteiger partial charge in [0, 0.05) is 19.0 Å². The van der Waals surface area contributed by atoms with E-state index in [9.17, 15) is 4.79 Å². The first kappa shape index (κ1) is 15.5. The van der Waals surface area contributed by atoms with Crippen LogP contribution in [0.1, 0.15) is 37.7 Å². The Morgan fingerprint density at radius 1 is 1.05 bits per heavy atom. The van der Waals surface area contributed by atoms with Crippen LogP contribution in [0.5, 0.6) is 0 Å². The lowest BCUT2D eigenvalue weighted by Crippen LogP contribution is -2.41. The molecule has 120 valence electrons. The van der Waals surface area contributed by atoms with Gasteiger partial charge >= 0.3 is 0 Å². The number of nitrogens with one attached hydrogen (secondary N) is 1. The summed E-state index contributed by atoms with van der Waals surface area (Å²) in [4.78, 5) is 15.1. The van der Waals surface area contributed by atoms with Gasteiger partial charge in [-0.15, -0.1) is 0 Å². The zero-order chi connectivity index (χ0) is 15.2. The summed E-state index contributed by atoms with van der Waals surface area (Å²) in [6.45, 7) is 3.99. The minimum absolute atomic E-state index is 0.278. The van der Waals surface area contributed by atoms with E-state index in [0.29, 0.717) is 11.8 Å². The molecule has 3 nitrogen and oxygen atoms in total. The third-order valence-corrected chi connectivity index (χ3v) is 5.29. The molecular formula is C19H28N2O. The summed E-state index contributed by atoms with van der Waals surface area (Å²) in [5, 5.41) is 3.42. The largest absolute Gasteiger partial charge is 0.342 e. The second kappa shape index (κ2) is 7.77. The van der Waals surface area contributed by atoms with Crippen molar-refractivity contribution in [2.24, 2.45) is 11.8 Å². The summed E-state index contributed by atoms with van der Waals surface area (Å²) in [5.41, 5.74) is 1.33. The van der Waals surface area contributed by atoms with Crippen LogP contribution in [-0.4, -0.2) is 37.0 Å². The van der Waals surface area contributed by atoms with Crippen molar-refractivity contribution in [1.82, 2.24) is 10.2 Å². The summed E-state index contributed by atoms with van der Waals surface area (Å²) in [7, 11) is 0. The number of rotatable bonds is 4. The van der Waals surface area contributed by atoms with Gasteiger partial charge in [-0.25, -0.2) is 0 Å². The minimum atomic E-state index is 0.278. The average Bonchev–Trinajstić information content (AvgIpc) is 2.76. The van der Waals surface area contributed by atoms with E-state index in [0.717, 1.165) is 39.0 Å². The number of carbonyl (C=O) groups excluding carboxylic acids is 1. The number of hydrogen-bond donors (Lipinski definition) is 1. The van der Waals surface area contributed by atoms with Gasteiger partial charge in [0.1, 0.15) is 0 Å². The number of amides is 1. The number of benzene rings is 1. The van der Waals surface area contributed by atoms with Crippen LogP contribution in [0, 0.1) is 11.8 Å². The summed E-state index contributed by atoms with van der Waals surface area (Å²) >= 11 is 0. The van der Waals surface area contributed by atoms with Crippen LogP contribution in [0.2, 0.25) is 0 Å². The number of likely N-dealkylation sites (tertiary alicyclic amines) is 1. The first-order valence-electron chi connectivity index (χ1n) is 8.88. The predicted octanol–water partition coefficient (Wildman–Crippen LogP) is 2.86. The van der Waals surface area contributed by atoms with Crippen molar-refractivity contribution >= 4 is 5.91 Å². The van der Waals surface area contributed by atoms with E-state index in [1.54, 1.807) is 0 Å². The standard InChI is InChI=1S/C19H28N2O/c22-19-18(17-9-12-20-13-10-17)8-4-5-14-21(19)15-11-16-6-2-1-3-7-16/h1-3,6-7,17-18,20H,4-5,8-15H2/t18-/m1/s1. The van der Waals surface area contributed by atoms with Crippen molar-refractivity contribution in [3.05, 3.63) is 35.9 Å². The summed E-state index contributed by atoms with van der Waals surface area (Å²) in [6, 6.07) is 10.5. The minimum Gasteiger partial charge on any atom is -0.342 e. The Balaban J connectivity index is 1.61. The number of hydrogen-bond acceptors (Lipinski definition) is 2. The van der Waals surface area contributed by atoms with E-state index < -0.39 is 0 Å². The Kier molecular flexibility index (Phi) is 5.49. The van der Waals surface area contributed by atoms with Crippen LogP contribution >= 0.6 is 0 Å². The molecule has 1 N–H and O–H groups in total. The molecule has 2 heterocycles. The molecule has 0 bridgehead atoms. The van der Waals surface area contributed by atoms with Crippen molar-refractivity contribution < 1.29 is 4.79 Å². The molecule has 0 spiro atoms. The number of piperidine rings is 1. The van der Waals surface area contributed by atoms with Crippen LogP contribution in [0.15, 0.2) is 30.3 Å². The average molecular weight is 300 g/mol. The molecule has 22 heavy (non-hydrogen) atoms. The van der Waals surface area contributed by atoms with E-state index in [1.165, 1.54) is 31.2 Å². The highest BCUT2D eigenvalue weighted by Gasteiger charge is 2.33. The second-order valence-corrected chi connectivity index (χ2v) is 6.75. The third kappa shape index (κ3) is 3.89. The zero-order valence-corrected chi connectivity index (χ0v) is 13.5. The van der Waals surface area contributed by atoms with Crippen molar-refractivity contribution in [1.29, 1.82) is 0 Å². The highest BCUT2D eigenvalue weighted by atomic mass is 16.2. The van der Waals surface area contributed by atoms with Crippen LogP contribution in [-0.2, 0) is 11.2 Å². The lowest BCUT2D eigenvalue weighted by Gasteiger charge is -2.32. The topological polar surface area (TPSA) is 32.3 Å². The molecule has 0 aromatic heterocycles. The van der Waals surface area contributed by atoms with Crippen molar-refractivity contribution in [3.8, 4) is 0 Å². The molecule has 2 fully saturated rings. The highest BCUT2D eigenvalue weighted by molar-refractivity contribution is 5.79. The van der Waals surface area contributed by atoms with Gasteiger partial charge < -0.3 is 10.2 Å². The van der Waals surface area contributed by atoms with Gasteiger partial charge in [0.25, 0.3) is 0 Å². The van der Waals surface area contributed by atoms with E-state index >= 15 is 0 Å². The first-order chi connectivity index (χ1) is 10.8. The van der Waals surface area contributed by atoms with Gasteiger partial charge in [0.15, 0.2) is 0 Å². The molecule has 2 saturated heterocycles. The molecule has 0 saturated carbocycles. The fraction of sp³-hybridized carbons (Fsp3) is 0.632. The van der Waals surface area contributed by atoms with Crippen molar-refractivity contribution in [2.45, 2.75) is 38.5 Å². The van der Waals surface area contributed by atoms with Gasteiger partial charge in [-0.2, -0.15) is 0 Å². The lowest BCUT2D eigenvalue weighted by molar-refractivity contribution is -0.137. The van der Waals surface area contributed by atoms with Crippen LogP contribution in [0.4, 0.5) is 0 Å². The van der Waals surface area contributed by atoms with E-state index in [2.05, 4.69) is 34.5 Å². The zero-order valence-electron chi connectivity index (χ0n) is 13.5. The van der Waals surface area contributed by atoms with Crippen molar-refractivity contribution in [2.75, 3.05) is 26.2 Å². The highest BCUT2D eigenvalue weighted by Crippen LogP contribution is 2.30. The molecule has 2 aliphatic heterocycles. The predicted molar refractivity (Wildman–Crippen MR) is 89.7 cm³/mol. The van der Waals surface area contributed by atoms with Crippen LogP contribution < -0.4 is 5.32 Å². The normalized spacial score (nSPS) is 24.3. The molecule has 1 aromatic rings. The van der Waals surface area contributed by atoms with Crippen molar-refractivity contribution in [3.63, 3.8) is 0 Å². The maximum Gasteiger partial charge on any atom is 0.225 e. The Labute approximate surface area is 134 Å². The third-order valence-electron chi connectivity index (χ3n) is 5.29. The Bertz CT molecular complexity index is 468. The molecule has 1 amide bonds. The van der Waals surface area contributed by atoms with Crippen LogP contribution in [0.25, 0.3) is 0 Å². The molecule has 3 heteroatoms. The maximum absolute atomic E-state index is 13.0. The smallest absolute Gasteiger partial charge is 0.225 e. The Hall–Kier alpha value is -1.35. The molecule has 3 rings (SSSR count). The van der Waals surface area contributed by atoms with Gasteiger partial charge in [-0.3, -0.25) is 4.79 Å². The Morgan fingerprint density at radius 2 is 1.82 bits per heavy atom. The van der Waals surface area contributed by atoms with E-state index in [4.69, 9.17) is 0 Å². The SMILES string of the molecule is O=C1[C@@H](C2CCNCC2)CCCCN1CCc1ccccc1. The monoisotopic (exact) mass is 300 g/mol. The summed E-state index contributed by atoms with van der Waals surface area (Å²) in [5.74, 6) is 1.31. The summed E-state index contributed by atoms with van der Waals surface area (Å²) < 4.78 is 0. The number of carbonyl (C=O) groups is 1. The van der Waals surface area contributed by atoms with E-state index in [-0.39, 0.29) is 5.92 Å². The molecule has 0 aliphatic carbocycles. The van der Waals surface area contributed by atoms with Gasteiger partial charge in [0.05, 0.1) is 0 Å². The quantitative estimate of drug-likeness (QED) is 0.927. The lowest BCUT2D eigenvalue weighted by atomic mass is 9.81. The fourth-order valence-electron chi connectivity index (χ4n) is 3.95. The molecular weight excluding hydrogens is 272 g/mol. The molecule has 0 radical (unpaired) electrons. The van der Waals surface area contributed by atoms with Gasteiger partial charge in [-0.05, 0) is 56.7 Å². The van der Waals surface area contributed by atoms with E-state index in [1.807, 2.05) is 6.07 Å². The molecule has 1 aromatic carbocycles. The van der Waals surface area contributed by atoms with Gasteiger partial charge in [0.2, 0.25) is 5.91 Å². The Morgan fingerprint density at radius 3 is 2.59 bits per heavy atom. The second-order valence-electron chi connectivity index (χ2n) is 6.75. The fourth-order valence-corrected chi connectivity index (χ4v) is 3.95. The van der Waals surface area contributed by atoms with Gasteiger partial charge in [-0.1, -0.05) is 36.8 Å². The maximum atomic E-state index is 13.0. The first-order valence-corrected chi connectivity index (χ1v) is 8.88. The van der Waals surface area contributed by atoms with Crippen LogP contribution in [0.3, 0.4) is 0 Å². The summed E-state index contributed by atoms with van der Waals surface area (Å²) in [6.07, 6.45) is 6.80. The molecule has 1 atom stereocenters. The molecule has 0 unspecified atom stereocenters.